The van der Waals surface area contributed by atoms with Crippen molar-refractivity contribution >= 4 is 39.2 Å². The molecule has 13 nitrogen and oxygen atoms in total. The highest BCUT2D eigenvalue weighted by molar-refractivity contribution is 7.98. The van der Waals surface area contributed by atoms with Gasteiger partial charge in [0.25, 0.3) is 0 Å². The fourth-order valence-corrected chi connectivity index (χ4v) is 8.28. The predicted molar refractivity (Wildman–Crippen MR) is 232 cm³/mol. The third kappa shape index (κ3) is 12.0. The number of rotatable bonds is 14. The molecule has 5 aromatic rings. The van der Waals surface area contributed by atoms with Crippen LogP contribution in [0.4, 0.5) is 10.5 Å². The van der Waals surface area contributed by atoms with Crippen LogP contribution < -0.4 is 26.4 Å². The van der Waals surface area contributed by atoms with Gasteiger partial charge in [0, 0.05) is 41.6 Å². The maximum atomic E-state index is 14.0. The van der Waals surface area contributed by atoms with E-state index in [2.05, 4.69) is 41.7 Å². The molecule has 1 unspecified atom stereocenters. The maximum absolute atomic E-state index is 14.0. The van der Waals surface area contributed by atoms with Gasteiger partial charge in [-0.05, 0) is 129 Å². The van der Waals surface area contributed by atoms with Gasteiger partial charge in [0.05, 0.1) is 9.71 Å². The number of carbonyl (C=O) groups is 3. The van der Waals surface area contributed by atoms with Crippen LogP contribution in [0.2, 0.25) is 0 Å². The molecule has 1 aromatic heterocycles. The molecule has 0 spiro atoms. The van der Waals surface area contributed by atoms with Gasteiger partial charge in [-0.1, -0.05) is 60.7 Å². The van der Waals surface area contributed by atoms with Crippen LogP contribution in [0.3, 0.4) is 0 Å². The van der Waals surface area contributed by atoms with Crippen LogP contribution in [0.5, 0.6) is 0 Å². The number of anilines is 1. The largest absolute Gasteiger partial charge is 0.444 e. The summed E-state index contributed by atoms with van der Waals surface area (Å²) < 4.78 is 22.3. The van der Waals surface area contributed by atoms with Crippen molar-refractivity contribution in [2.45, 2.75) is 82.9 Å². The average Bonchev–Trinajstić information content (AvgIpc) is 3.65. The second kappa shape index (κ2) is 18.7. The maximum Gasteiger partial charge on any atom is 0.407 e. The Labute approximate surface area is 345 Å². The average molecular weight is 820 g/mol. The summed E-state index contributed by atoms with van der Waals surface area (Å²) in [6.45, 7) is 8.31. The fraction of sp³-hybridized carbons (Fsp3) is 0.333. The quantitative estimate of drug-likeness (QED) is 0.0689. The molecule has 2 atom stereocenters. The summed E-state index contributed by atoms with van der Waals surface area (Å²) in [4.78, 5) is 54.8. The molecule has 1 aliphatic rings. The van der Waals surface area contributed by atoms with E-state index in [1.807, 2.05) is 100 Å². The molecule has 310 valence electrons. The van der Waals surface area contributed by atoms with Crippen molar-refractivity contribution in [1.29, 1.82) is 0 Å². The second-order valence-electron chi connectivity index (χ2n) is 16.1. The number of aromatic amines is 2. The molecule has 6 N–H and O–H groups in total. The Kier molecular flexibility index (Phi) is 13.5. The van der Waals surface area contributed by atoms with Crippen LogP contribution in [0, 0.1) is 18.8 Å². The Morgan fingerprint density at radius 1 is 0.898 bits per heavy atom. The highest BCUT2D eigenvalue weighted by Gasteiger charge is 2.30. The normalized spacial score (nSPS) is 16.9. The summed E-state index contributed by atoms with van der Waals surface area (Å²) in [6, 6.07) is 29.1. The number of ether oxygens (including phenoxy) is 1. The van der Waals surface area contributed by atoms with Crippen LogP contribution in [-0.4, -0.2) is 61.4 Å². The Morgan fingerprint density at radius 2 is 1.61 bits per heavy atom. The summed E-state index contributed by atoms with van der Waals surface area (Å²) in [5.74, 6) is 3.75. The molecule has 3 amide bonds. The van der Waals surface area contributed by atoms with Crippen molar-refractivity contribution in [2.75, 3.05) is 11.9 Å². The van der Waals surface area contributed by atoms with Gasteiger partial charge in [-0.3, -0.25) is 14.6 Å². The molecule has 0 bridgehead atoms. The number of benzene rings is 4. The minimum atomic E-state index is -2.83. The minimum absolute atomic E-state index is 0.200. The van der Waals surface area contributed by atoms with Gasteiger partial charge in [-0.2, -0.15) is 5.10 Å². The molecular formula is C45H53N7O6S. The van der Waals surface area contributed by atoms with Crippen LogP contribution in [-0.2, 0) is 37.0 Å². The topological polar surface area (TPSA) is 187 Å². The van der Waals surface area contributed by atoms with E-state index in [9.17, 15) is 23.4 Å². The number of nitrogens with one attached hydrogen (secondary N) is 6. The molecule has 0 radical (unpaired) electrons. The molecule has 1 aliphatic carbocycles. The smallest absolute Gasteiger partial charge is 0.407 e. The van der Waals surface area contributed by atoms with Crippen molar-refractivity contribution in [2.24, 2.45) is 11.8 Å². The molecule has 59 heavy (non-hydrogen) atoms. The predicted octanol–water partition coefficient (Wildman–Crippen LogP) is 6.52. The molecule has 14 heteroatoms. The van der Waals surface area contributed by atoms with Gasteiger partial charge in [0.1, 0.15) is 11.6 Å². The first-order chi connectivity index (χ1) is 28.1. The van der Waals surface area contributed by atoms with E-state index in [1.165, 1.54) is 0 Å². The highest BCUT2D eigenvalue weighted by Crippen LogP contribution is 2.30. The van der Waals surface area contributed by atoms with Gasteiger partial charge in [0.2, 0.25) is 11.8 Å². The summed E-state index contributed by atoms with van der Waals surface area (Å²) in [5, 5.41) is 15.2. The van der Waals surface area contributed by atoms with Crippen LogP contribution in [0.1, 0.15) is 63.1 Å². The van der Waals surface area contributed by atoms with E-state index in [4.69, 9.17) is 4.74 Å². The van der Waals surface area contributed by atoms with Crippen molar-refractivity contribution in [3.8, 4) is 22.5 Å². The summed E-state index contributed by atoms with van der Waals surface area (Å²) in [5.41, 5.74) is 4.70. The van der Waals surface area contributed by atoms with Gasteiger partial charge in [-0.15, -0.1) is 0 Å². The number of alkyl carbamates (subject to hydrolysis) is 1. The first-order valence-electron chi connectivity index (χ1n) is 19.8. The van der Waals surface area contributed by atoms with Gasteiger partial charge in [-0.25, -0.2) is 23.6 Å². The zero-order chi connectivity index (χ0) is 42.2. The second-order valence-corrected chi connectivity index (χ2v) is 18.2. The number of carbonyl (C=O) groups excluding carboxylic acids is 3. The Morgan fingerprint density at radius 3 is 2.29 bits per heavy atom. The van der Waals surface area contributed by atoms with E-state index >= 15 is 0 Å². The standard InChI is InChI=1S/C45H53N7O6S/c1-29-14-23-37(59(5,57)47-28-30-10-7-6-8-11-30)26-38(29)35-13-9-12-32(24-35)25-39(42(54)48-36-21-19-33(20-22-36)40-50-43(55)52-51-40)49-41(53)34-17-15-31(16-18-34)27-46-44(56)58-45(2,3)4/h6-14,19-24,26,31,34,39H,5,15-18,25,27-28H2,1-4H3,(H,46,56)(H,47,57)(H,48,54)(H,49,53)(H2,50,51,52,55)/t31?,34?,39-,59?/m0/s1. The number of hydrogen-bond donors (Lipinski definition) is 6. The molecule has 1 fully saturated rings. The molecule has 4 aromatic carbocycles. The number of H-pyrrole nitrogens is 2. The van der Waals surface area contributed by atoms with Gasteiger partial charge < -0.3 is 20.7 Å². The lowest BCUT2D eigenvalue weighted by Crippen LogP contribution is -2.48. The van der Waals surface area contributed by atoms with Crippen LogP contribution in [0.15, 0.2) is 107 Å². The van der Waals surface area contributed by atoms with E-state index in [0.29, 0.717) is 47.9 Å². The SMILES string of the molecule is C=S(=O)(NCc1ccccc1)c1ccc(C)c(-c2cccc(C[C@H](NC(=O)C3CCC(CNC(=O)OC(C)(C)C)CC3)C(=O)Nc3ccc(-c4n[nH]c(=O)[nH]4)cc3)c2)c1. The number of aryl methyl sites for hydroxylation is 1. The molecule has 0 saturated heterocycles. The number of amides is 3. The number of aromatic nitrogens is 3. The van der Waals surface area contributed by atoms with E-state index in [-0.39, 0.29) is 30.1 Å². The Balaban J connectivity index is 1.17. The number of hydrogen-bond acceptors (Lipinski definition) is 7. The molecule has 1 heterocycles. The molecule has 1 saturated carbocycles. The van der Waals surface area contributed by atoms with Crippen molar-refractivity contribution in [1.82, 2.24) is 30.5 Å². The van der Waals surface area contributed by atoms with Gasteiger partial charge in [0.15, 0.2) is 5.82 Å². The van der Waals surface area contributed by atoms with Crippen molar-refractivity contribution in [3.63, 3.8) is 0 Å². The highest BCUT2D eigenvalue weighted by atomic mass is 32.2. The third-order valence-electron chi connectivity index (χ3n) is 10.3. The van der Waals surface area contributed by atoms with E-state index in [1.54, 1.807) is 24.3 Å². The molecule has 6 rings (SSSR count). The third-order valence-corrected chi connectivity index (χ3v) is 12.0. The lowest BCUT2D eigenvalue weighted by atomic mass is 9.81. The van der Waals surface area contributed by atoms with E-state index in [0.717, 1.165) is 40.7 Å². The first-order valence-corrected chi connectivity index (χ1v) is 21.5. The van der Waals surface area contributed by atoms with Crippen LogP contribution in [0.25, 0.3) is 22.5 Å². The van der Waals surface area contributed by atoms with Crippen LogP contribution >= 0.6 is 0 Å². The van der Waals surface area contributed by atoms with Gasteiger partial charge >= 0.3 is 11.8 Å². The molecule has 0 aliphatic heterocycles. The number of nitrogens with zero attached hydrogens (tertiary/aromatic N) is 1. The van der Waals surface area contributed by atoms with Crippen molar-refractivity contribution < 1.29 is 23.3 Å². The van der Waals surface area contributed by atoms with Crippen molar-refractivity contribution in [3.05, 3.63) is 124 Å². The first kappa shape index (κ1) is 42.6. The lowest BCUT2D eigenvalue weighted by molar-refractivity contribution is -0.130. The zero-order valence-electron chi connectivity index (χ0n) is 33.9. The fourth-order valence-electron chi connectivity index (χ4n) is 7.11. The summed E-state index contributed by atoms with van der Waals surface area (Å²) in [7, 11) is -2.83. The Hall–Kier alpha value is -5.99. The zero-order valence-corrected chi connectivity index (χ0v) is 34.7. The lowest BCUT2D eigenvalue weighted by Gasteiger charge is -2.29. The summed E-state index contributed by atoms with van der Waals surface area (Å²) >= 11 is 0. The van der Waals surface area contributed by atoms with E-state index < -0.39 is 33.1 Å². The molecular weight excluding hydrogens is 767 g/mol. The monoisotopic (exact) mass is 819 g/mol. The minimum Gasteiger partial charge on any atom is -0.444 e. The summed E-state index contributed by atoms with van der Waals surface area (Å²) in [6.07, 6.45) is 2.50. The Bertz CT molecular complexity index is 2410.